The normalized spacial score (nSPS) is 28.5. The number of aliphatic hydroxyl groups is 1. The summed E-state index contributed by atoms with van der Waals surface area (Å²) < 4.78 is 49.9. The molecule has 6 rings (SSSR count). The molecule has 1 fully saturated rings. The van der Waals surface area contributed by atoms with Crippen molar-refractivity contribution in [1.82, 2.24) is 0 Å². The molecule has 3 aliphatic rings. The lowest BCUT2D eigenvalue weighted by Crippen LogP contribution is -2.57. The topological polar surface area (TPSA) is 92.7 Å². The summed E-state index contributed by atoms with van der Waals surface area (Å²) in [6, 6.07) is 17.0. The van der Waals surface area contributed by atoms with Gasteiger partial charge in [-0.25, -0.2) is 0 Å². The summed E-state index contributed by atoms with van der Waals surface area (Å²) in [6.45, 7) is 1.31. The zero-order valence-corrected chi connectivity index (χ0v) is 21.3. The fourth-order valence-electron chi connectivity index (χ4n) is 6.50. The zero-order valence-electron chi connectivity index (χ0n) is 21.3. The van der Waals surface area contributed by atoms with Gasteiger partial charge in [0.2, 0.25) is 5.60 Å². The number of para-hydroxylation sites is 1. The van der Waals surface area contributed by atoms with E-state index in [2.05, 4.69) is 5.32 Å². The van der Waals surface area contributed by atoms with Gasteiger partial charge in [-0.1, -0.05) is 60.7 Å². The second kappa shape index (κ2) is 8.71. The van der Waals surface area contributed by atoms with Crippen LogP contribution in [0.1, 0.15) is 58.3 Å². The van der Waals surface area contributed by atoms with Crippen molar-refractivity contribution < 1.29 is 37.4 Å². The number of rotatable bonds is 4. The van der Waals surface area contributed by atoms with E-state index in [9.17, 15) is 32.7 Å². The van der Waals surface area contributed by atoms with Crippen LogP contribution in [0.25, 0.3) is 0 Å². The highest BCUT2D eigenvalue weighted by Crippen LogP contribution is 2.63. The molecule has 3 aromatic rings. The third-order valence-corrected chi connectivity index (χ3v) is 8.24. The summed E-state index contributed by atoms with van der Waals surface area (Å²) >= 11 is 0. The van der Waals surface area contributed by atoms with E-state index >= 15 is 0 Å². The molecule has 40 heavy (non-hydrogen) atoms. The number of nitrogens with one attached hydrogen (secondary N) is 1. The van der Waals surface area contributed by atoms with E-state index in [1.54, 1.807) is 30.3 Å². The van der Waals surface area contributed by atoms with E-state index in [4.69, 9.17) is 4.74 Å². The van der Waals surface area contributed by atoms with Crippen molar-refractivity contribution in [2.24, 2.45) is 0 Å². The Bertz CT molecular complexity index is 1610. The Balaban J connectivity index is 1.67. The van der Waals surface area contributed by atoms with Crippen molar-refractivity contribution in [3.05, 3.63) is 113 Å². The van der Waals surface area contributed by atoms with Gasteiger partial charge in [0.1, 0.15) is 11.4 Å². The molecule has 1 saturated carbocycles. The minimum Gasteiger partial charge on any atom is -0.373 e. The summed E-state index contributed by atoms with van der Waals surface area (Å²) in [6.07, 6.45) is -1.75. The van der Waals surface area contributed by atoms with Gasteiger partial charge >= 0.3 is 6.18 Å². The standard InChI is InChI=1S/C31H24F3NO5/c1-18(36)19-8-3-7-13-24(19)35-27(38)30(39)21-10-4-2-9-20(21)26-25(37)14-15-28(26)16-17-29(30,40-28)22-11-5-6-12-23(22)31(32,33)34/h2-13,16-17,26,39H,14-15H2,1H3,(H,35,38)/t26?,28-,29-,30?/m1/s1. The number of amides is 1. The number of alkyl halides is 3. The van der Waals surface area contributed by atoms with Crippen LogP contribution >= 0.6 is 0 Å². The van der Waals surface area contributed by atoms with Crippen molar-refractivity contribution in [3.8, 4) is 0 Å². The number of hydrogen-bond acceptors (Lipinski definition) is 5. The van der Waals surface area contributed by atoms with E-state index in [-0.39, 0.29) is 41.2 Å². The number of fused-ring (bicyclic) bond motifs is 3. The van der Waals surface area contributed by atoms with E-state index in [0.29, 0.717) is 5.56 Å². The summed E-state index contributed by atoms with van der Waals surface area (Å²) in [7, 11) is 0. The highest BCUT2D eigenvalue weighted by molar-refractivity contribution is 6.07. The van der Waals surface area contributed by atoms with E-state index < -0.39 is 45.9 Å². The van der Waals surface area contributed by atoms with Crippen molar-refractivity contribution in [1.29, 1.82) is 0 Å². The predicted octanol–water partition coefficient (Wildman–Crippen LogP) is 5.42. The molecular formula is C31H24F3NO5. The largest absolute Gasteiger partial charge is 0.416 e. The Morgan fingerprint density at radius 3 is 2.33 bits per heavy atom. The van der Waals surface area contributed by atoms with Crippen LogP contribution in [0.3, 0.4) is 0 Å². The molecule has 0 radical (unpaired) electrons. The fraction of sp³-hybridized carbons (Fsp3) is 0.258. The molecule has 4 atom stereocenters. The third-order valence-electron chi connectivity index (χ3n) is 8.24. The first-order valence-corrected chi connectivity index (χ1v) is 12.8. The van der Waals surface area contributed by atoms with Gasteiger partial charge in [-0.15, -0.1) is 0 Å². The van der Waals surface area contributed by atoms with Crippen molar-refractivity contribution in [2.75, 3.05) is 5.32 Å². The summed E-state index contributed by atoms with van der Waals surface area (Å²) in [5.41, 5.74) is -7.61. The second-order valence-electron chi connectivity index (χ2n) is 10.4. The number of ketones is 2. The lowest BCUT2D eigenvalue weighted by atomic mass is 9.68. The Morgan fingerprint density at radius 2 is 1.60 bits per heavy atom. The Labute approximate surface area is 227 Å². The monoisotopic (exact) mass is 547 g/mol. The summed E-state index contributed by atoms with van der Waals surface area (Å²) in [4.78, 5) is 39.9. The maximum Gasteiger partial charge on any atom is 0.416 e. The van der Waals surface area contributed by atoms with Crippen molar-refractivity contribution in [2.45, 2.75) is 48.7 Å². The van der Waals surface area contributed by atoms with Gasteiger partial charge in [-0.05, 0) is 43.2 Å². The number of carbonyl (C=O) groups excluding carboxylic acids is 3. The van der Waals surface area contributed by atoms with E-state index in [1.165, 1.54) is 55.5 Å². The molecule has 2 N–H and O–H groups in total. The summed E-state index contributed by atoms with van der Waals surface area (Å²) in [5.74, 6) is -2.62. The number of hydrogen-bond donors (Lipinski definition) is 2. The van der Waals surface area contributed by atoms with Gasteiger partial charge < -0.3 is 15.2 Å². The lowest BCUT2D eigenvalue weighted by Gasteiger charge is -2.44. The SMILES string of the molecule is CC(=O)c1ccccc1NC(=O)C1(O)c2ccccc2C2C(=O)CC[C@@]23C=C[C@]1(c1ccccc1C(F)(F)F)O3. The Hall–Kier alpha value is -4.08. The first-order valence-electron chi connectivity index (χ1n) is 12.8. The van der Waals surface area contributed by atoms with Gasteiger partial charge in [-0.2, -0.15) is 13.2 Å². The molecule has 2 unspecified atom stereocenters. The number of Topliss-reactive ketones (excluding diaryl/α,β-unsaturated/α-hetero) is 2. The average Bonchev–Trinajstić information content (AvgIpc) is 3.45. The van der Waals surface area contributed by atoms with Gasteiger partial charge in [0.25, 0.3) is 5.91 Å². The molecule has 9 heteroatoms. The number of anilines is 1. The minimum atomic E-state index is -4.85. The van der Waals surface area contributed by atoms with Gasteiger partial charge in [0.15, 0.2) is 11.4 Å². The molecule has 2 heterocycles. The zero-order chi connectivity index (χ0) is 28.5. The van der Waals surface area contributed by atoms with Crippen LogP contribution in [-0.2, 0) is 31.7 Å². The quantitative estimate of drug-likeness (QED) is 0.337. The van der Waals surface area contributed by atoms with Crippen LogP contribution in [0.5, 0.6) is 0 Å². The third kappa shape index (κ3) is 3.47. The van der Waals surface area contributed by atoms with E-state index in [0.717, 1.165) is 6.07 Å². The number of benzene rings is 3. The van der Waals surface area contributed by atoms with Crippen LogP contribution in [0.4, 0.5) is 18.9 Å². The van der Waals surface area contributed by atoms with Crippen LogP contribution in [0, 0.1) is 0 Å². The molecule has 1 amide bonds. The van der Waals surface area contributed by atoms with Crippen LogP contribution in [0.2, 0.25) is 0 Å². The number of carbonyl (C=O) groups is 3. The van der Waals surface area contributed by atoms with Gasteiger partial charge in [0, 0.05) is 23.1 Å². The fourth-order valence-corrected chi connectivity index (χ4v) is 6.50. The Kier molecular flexibility index (Phi) is 5.70. The molecule has 1 spiro atoms. The van der Waals surface area contributed by atoms with Crippen molar-refractivity contribution >= 4 is 23.2 Å². The minimum absolute atomic E-state index is 0.0451. The summed E-state index contributed by atoms with van der Waals surface area (Å²) in [5, 5.41) is 15.3. The highest BCUT2D eigenvalue weighted by Gasteiger charge is 2.70. The number of halogens is 3. The van der Waals surface area contributed by atoms with Crippen LogP contribution < -0.4 is 5.32 Å². The highest BCUT2D eigenvalue weighted by atomic mass is 19.4. The number of ether oxygens (including phenoxy) is 1. The molecule has 6 nitrogen and oxygen atoms in total. The lowest BCUT2D eigenvalue weighted by molar-refractivity contribution is -0.202. The Morgan fingerprint density at radius 1 is 0.950 bits per heavy atom. The molecule has 0 saturated heterocycles. The van der Waals surface area contributed by atoms with Crippen LogP contribution in [-0.4, -0.2) is 28.2 Å². The van der Waals surface area contributed by atoms with Gasteiger partial charge in [0.05, 0.1) is 17.2 Å². The maximum absolute atomic E-state index is 14.4. The first-order chi connectivity index (χ1) is 18.9. The van der Waals surface area contributed by atoms with Crippen LogP contribution in [0.15, 0.2) is 84.9 Å². The van der Waals surface area contributed by atoms with E-state index in [1.807, 2.05) is 0 Å². The molecular weight excluding hydrogens is 523 g/mol. The molecule has 204 valence electrons. The molecule has 2 bridgehead atoms. The second-order valence-corrected chi connectivity index (χ2v) is 10.4. The smallest absolute Gasteiger partial charge is 0.373 e. The molecule has 1 aliphatic carbocycles. The molecule has 3 aromatic carbocycles. The maximum atomic E-state index is 14.4. The first kappa shape index (κ1) is 26.2. The van der Waals surface area contributed by atoms with Crippen molar-refractivity contribution in [3.63, 3.8) is 0 Å². The predicted molar refractivity (Wildman–Crippen MR) is 138 cm³/mol. The van der Waals surface area contributed by atoms with Gasteiger partial charge in [-0.3, -0.25) is 14.4 Å². The molecule has 2 aliphatic heterocycles. The molecule has 0 aromatic heterocycles. The average molecular weight is 548 g/mol.